The zero-order valence-corrected chi connectivity index (χ0v) is 45.8. The Balaban J connectivity index is 0.864. The molecule has 3 heterocycles. The van der Waals surface area contributed by atoms with E-state index >= 15 is 0 Å². The largest absolute Gasteiger partial charge is 0.444 e. The first-order valence-corrected chi connectivity index (χ1v) is 29.0. The topological polar surface area (TPSA) is 161 Å². The first-order chi connectivity index (χ1) is 35.4. The van der Waals surface area contributed by atoms with E-state index in [0.29, 0.717) is 18.8 Å². The van der Waals surface area contributed by atoms with Crippen molar-refractivity contribution in [1.82, 2.24) is 24.3 Å². The Labute approximate surface area is 447 Å². The van der Waals surface area contributed by atoms with Crippen molar-refractivity contribution in [2.45, 2.75) is 94.1 Å². The SMILES string of the molecule is CC1(CN2CCN(C(=O)OC(C)(C)C)CC2)CCC(c2ccc(Cl)cc2)=C(CN2CCN(c3ccc(C(=O)NS(=O)(=O)c4ccc(N[C@H](CCN5CCCCC5)CSc5ccccc5)c([N+](=O)[O-])c4)cc3)CC2)C1. The normalized spacial score (nSPS) is 20.0. The first kappa shape index (κ1) is 55.1. The monoisotopic (exact) mass is 1070 g/mol. The van der Waals surface area contributed by atoms with Crippen LogP contribution in [0, 0.1) is 15.5 Å². The molecule has 18 heteroatoms. The van der Waals surface area contributed by atoms with Gasteiger partial charge in [0, 0.05) is 111 Å². The van der Waals surface area contributed by atoms with Crippen LogP contribution in [0.1, 0.15) is 88.6 Å². The maximum atomic E-state index is 13.6. The smallest absolute Gasteiger partial charge is 0.410 e. The molecule has 4 aromatic rings. The van der Waals surface area contributed by atoms with Crippen molar-refractivity contribution >= 4 is 68.0 Å². The number of piperidine rings is 1. The van der Waals surface area contributed by atoms with Crippen LogP contribution in [0.2, 0.25) is 5.02 Å². The minimum absolute atomic E-state index is 0.0763. The number of carbonyl (C=O) groups excluding carboxylic acids is 2. The van der Waals surface area contributed by atoms with Crippen molar-refractivity contribution in [2.75, 3.05) is 101 Å². The molecule has 74 heavy (non-hydrogen) atoms. The molecule has 2 amide bonds. The van der Waals surface area contributed by atoms with Crippen LogP contribution in [0.5, 0.6) is 0 Å². The number of ether oxygens (including phenoxy) is 1. The highest BCUT2D eigenvalue weighted by atomic mass is 35.5. The van der Waals surface area contributed by atoms with E-state index in [2.05, 4.69) is 48.7 Å². The average Bonchev–Trinajstić information content (AvgIpc) is 3.38. The Morgan fingerprint density at radius 1 is 0.838 bits per heavy atom. The molecule has 2 N–H and O–H groups in total. The Morgan fingerprint density at radius 3 is 2.18 bits per heavy atom. The van der Waals surface area contributed by atoms with Gasteiger partial charge in [-0.1, -0.05) is 60.9 Å². The number of nitrogens with zero attached hydrogens (tertiary/aromatic N) is 6. The minimum atomic E-state index is -4.47. The number of piperazine rings is 2. The summed E-state index contributed by atoms with van der Waals surface area (Å²) in [6.45, 7) is 19.0. The van der Waals surface area contributed by atoms with Crippen LogP contribution in [-0.2, 0) is 14.8 Å². The summed E-state index contributed by atoms with van der Waals surface area (Å²) in [4.78, 5) is 50.3. The number of nitro groups is 1. The van der Waals surface area contributed by atoms with Gasteiger partial charge < -0.3 is 24.8 Å². The van der Waals surface area contributed by atoms with E-state index in [1.54, 1.807) is 23.9 Å². The minimum Gasteiger partial charge on any atom is -0.444 e. The van der Waals surface area contributed by atoms with Gasteiger partial charge in [-0.25, -0.2) is 17.9 Å². The standard InChI is InChI=1S/C56H73ClN8O7S2/c1-55(2,3)72-54(67)64-35-31-62(32-36-64)41-56(4)25-23-50(42-13-17-45(57)18-14-42)44(38-56)39-61-29-33-63(34-30-61)47-19-15-43(16-20-47)53(66)59-74(70,71)49-21-22-51(52(37-49)65(68)69)58-46(24-28-60-26-9-6-10-27-60)40-73-48-11-7-5-8-12-48/h5,7-8,11-22,37,46,58H,6,9-10,23-36,38-41H2,1-4H3,(H,59,66)/t46-,56?/m1/s1. The fraction of sp³-hybridized carbons (Fsp3) is 0.500. The molecule has 2 atom stereocenters. The molecule has 0 bridgehead atoms. The number of carbonyl (C=O) groups is 2. The summed E-state index contributed by atoms with van der Waals surface area (Å²) in [5.74, 6) is -0.165. The Hall–Kier alpha value is -5.17. The van der Waals surface area contributed by atoms with Crippen LogP contribution in [0.25, 0.3) is 5.57 Å². The van der Waals surface area contributed by atoms with Gasteiger partial charge in [-0.15, -0.1) is 11.8 Å². The maximum absolute atomic E-state index is 13.6. The van der Waals surface area contributed by atoms with E-state index in [0.717, 1.165) is 132 Å². The third-order valence-corrected chi connectivity index (χ3v) is 17.4. The van der Waals surface area contributed by atoms with Gasteiger partial charge in [0.05, 0.1) is 9.82 Å². The highest BCUT2D eigenvalue weighted by Gasteiger charge is 2.36. The van der Waals surface area contributed by atoms with Crippen molar-refractivity contribution in [3.8, 4) is 0 Å². The second-order valence-corrected chi connectivity index (χ2v) is 24.9. The molecule has 4 aromatic carbocycles. The molecule has 4 aliphatic rings. The maximum Gasteiger partial charge on any atom is 0.410 e. The number of thioether (sulfide) groups is 1. The predicted molar refractivity (Wildman–Crippen MR) is 297 cm³/mol. The third kappa shape index (κ3) is 15.2. The lowest BCUT2D eigenvalue weighted by Crippen LogP contribution is -2.52. The number of allylic oxidation sites excluding steroid dienone is 1. The van der Waals surface area contributed by atoms with E-state index in [1.807, 2.05) is 80.3 Å². The van der Waals surface area contributed by atoms with E-state index in [9.17, 15) is 28.1 Å². The van der Waals surface area contributed by atoms with Crippen molar-refractivity contribution in [2.24, 2.45) is 5.41 Å². The second-order valence-electron chi connectivity index (χ2n) is 21.7. The van der Waals surface area contributed by atoms with Crippen molar-refractivity contribution in [3.63, 3.8) is 0 Å². The van der Waals surface area contributed by atoms with Gasteiger partial charge in [-0.05, 0) is 150 Å². The number of rotatable bonds is 18. The van der Waals surface area contributed by atoms with E-state index < -0.39 is 26.5 Å². The number of nitrogens with one attached hydrogen (secondary N) is 2. The summed E-state index contributed by atoms with van der Waals surface area (Å²) in [5, 5.41) is 16.5. The van der Waals surface area contributed by atoms with Gasteiger partial charge in [-0.3, -0.25) is 24.7 Å². The zero-order chi connectivity index (χ0) is 52.5. The lowest BCUT2D eigenvalue weighted by molar-refractivity contribution is -0.384. The predicted octanol–water partition coefficient (Wildman–Crippen LogP) is 10.1. The fourth-order valence-electron chi connectivity index (χ4n) is 10.7. The van der Waals surface area contributed by atoms with E-state index in [1.165, 1.54) is 35.3 Å². The molecule has 3 aliphatic heterocycles. The van der Waals surface area contributed by atoms with Gasteiger partial charge in [0.25, 0.3) is 21.6 Å². The van der Waals surface area contributed by atoms with Crippen LogP contribution in [0.15, 0.2) is 112 Å². The first-order valence-electron chi connectivity index (χ1n) is 26.2. The summed E-state index contributed by atoms with van der Waals surface area (Å²) in [6.07, 6.45) is 7.09. The number of likely N-dealkylation sites (tertiary alicyclic amines) is 1. The number of anilines is 2. The highest BCUT2D eigenvalue weighted by Crippen LogP contribution is 2.44. The molecule has 3 fully saturated rings. The van der Waals surface area contributed by atoms with Crippen LogP contribution in [-0.4, -0.2) is 147 Å². The summed E-state index contributed by atoms with van der Waals surface area (Å²) in [7, 11) is -4.47. The van der Waals surface area contributed by atoms with Crippen LogP contribution >= 0.6 is 23.4 Å². The van der Waals surface area contributed by atoms with Gasteiger partial charge in [-0.2, -0.15) is 0 Å². The molecule has 398 valence electrons. The lowest BCUT2D eigenvalue weighted by Gasteiger charge is -2.44. The van der Waals surface area contributed by atoms with Crippen LogP contribution < -0.4 is 14.9 Å². The Bertz CT molecular complexity index is 2700. The number of amides is 2. The van der Waals surface area contributed by atoms with Gasteiger partial charge >= 0.3 is 6.09 Å². The Kier molecular flexibility index (Phi) is 18.4. The van der Waals surface area contributed by atoms with Crippen molar-refractivity contribution in [3.05, 3.63) is 129 Å². The number of benzene rings is 4. The molecule has 8 rings (SSSR count). The van der Waals surface area contributed by atoms with Crippen molar-refractivity contribution in [1.29, 1.82) is 0 Å². The molecular formula is C56H73ClN8O7S2. The molecular weight excluding hydrogens is 996 g/mol. The highest BCUT2D eigenvalue weighted by molar-refractivity contribution is 7.99. The molecule has 3 saturated heterocycles. The summed E-state index contributed by atoms with van der Waals surface area (Å²) in [6, 6.07) is 28.7. The quantitative estimate of drug-likeness (QED) is 0.0551. The molecule has 0 saturated carbocycles. The second kappa shape index (κ2) is 24.7. The van der Waals surface area contributed by atoms with Crippen LogP contribution in [0.4, 0.5) is 21.9 Å². The zero-order valence-electron chi connectivity index (χ0n) is 43.4. The molecule has 1 aliphatic carbocycles. The number of halogens is 1. The number of hydrogen-bond donors (Lipinski definition) is 2. The molecule has 15 nitrogen and oxygen atoms in total. The van der Waals surface area contributed by atoms with Gasteiger partial charge in [0.15, 0.2) is 0 Å². The summed E-state index contributed by atoms with van der Waals surface area (Å²) >= 11 is 8.00. The lowest BCUT2D eigenvalue weighted by atomic mass is 9.71. The Morgan fingerprint density at radius 2 is 1.51 bits per heavy atom. The van der Waals surface area contributed by atoms with Crippen LogP contribution in [0.3, 0.4) is 0 Å². The third-order valence-electron chi connectivity index (χ3n) is 14.6. The van der Waals surface area contributed by atoms with Crippen molar-refractivity contribution < 1.29 is 27.7 Å². The van der Waals surface area contributed by atoms with Gasteiger partial charge in [0.1, 0.15) is 11.3 Å². The molecule has 0 aromatic heterocycles. The van der Waals surface area contributed by atoms with E-state index in [4.69, 9.17) is 16.3 Å². The number of hydrogen-bond acceptors (Lipinski definition) is 13. The molecule has 0 spiro atoms. The number of sulfonamides is 1. The summed E-state index contributed by atoms with van der Waals surface area (Å²) < 4.78 is 35.0. The fourth-order valence-corrected chi connectivity index (χ4v) is 12.8. The summed E-state index contributed by atoms with van der Waals surface area (Å²) in [5.41, 5.74) is 4.56. The molecule has 0 radical (unpaired) electrons. The van der Waals surface area contributed by atoms with Gasteiger partial charge in [0.2, 0.25) is 0 Å². The molecule has 1 unspecified atom stereocenters. The average molecular weight is 1070 g/mol. The van der Waals surface area contributed by atoms with E-state index in [-0.39, 0.29) is 39.4 Å². The number of nitro benzene ring substituents is 1.